The molecule has 0 N–H and O–H groups in total. The first-order valence-corrected chi connectivity index (χ1v) is 6.73. The van der Waals surface area contributed by atoms with Crippen LogP contribution in [0.3, 0.4) is 0 Å². The molecule has 0 aromatic heterocycles. The molecule has 0 saturated carbocycles. The highest BCUT2D eigenvalue weighted by molar-refractivity contribution is 5.43. The van der Waals surface area contributed by atoms with E-state index in [4.69, 9.17) is 4.74 Å². The van der Waals surface area contributed by atoms with E-state index in [0.29, 0.717) is 0 Å². The molecule has 0 aliphatic carbocycles. The molecule has 0 unspecified atom stereocenters. The molecular formula is C17H15F3O. The minimum atomic E-state index is -4.31. The summed E-state index contributed by atoms with van der Waals surface area (Å²) >= 11 is 0. The van der Waals surface area contributed by atoms with E-state index in [2.05, 4.69) is 0 Å². The molecule has 0 amide bonds. The van der Waals surface area contributed by atoms with Gasteiger partial charge in [0.25, 0.3) is 0 Å². The van der Waals surface area contributed by atoms with Crippen LogP contribution in [-0.4, -0.2) is 0 Å². The highest BCUT2D eigenvalue weighted by Gasteiger charge is 2.38. The quantitative estimate of drug-likeness (QED) is 0.714. The molecule has 1 nitrogen and oxygen atoms in total. The first-order valence-electron chi connectivity index (χ1n) is 6.73. The molecule has 21 heavy (non-hydrogen) atoms. The third kappa shape index (κ3) is 2.44. The Bertz CT molecular complexity index is 656. The fraction of sp³-hybridized carbons (Fsp3) is 0.294. The molecule has 0 radical (unpaired) electrons. The van der Waals surface area contributed by atoms with Crippen LogP contribution in [0, 0.1) is 0 Å². The lowest BCUT2D eigenvalue weighted by molar-refractivity contribution is -0.137. The molecule has 1 atom stereocenters. The summed E-state index contributed by atoms with van der Waals surface area (Å²) in [7, 11) is 0. The van der Waals surface area contributed by atoms with E-state index in [0.717, 1.165) is 28.8 Å². The van der Waals surface area contributed by atoms with E-state index in [1.807, 2.05) is 38.1 Å². The van der Waals surface area contributed by atoms with Gasteiger partial charge in [0.15, 0.2) is 0 Å². The minimum Gasteiger partial charge on any atom is -0.358 e. The first-order chi connectivity index (χ1) is 9.79. The second-order valence-electron chi connectivity index (χ2n) is 5.72. The molecule has 1 heterocycles. The number of halogens is 3. The molecule has 1 aliphatic rings. The average molecular weight is 292 g/mol. The lowest BCUT2D eigenvalue weighted by atomic mass is 9.93. The number of benzene rings is 2. The van der Waals surface area contributed by atoms with Gasteiger partial charge in [-0.25, -0.2) is 0 Å². The summed E-state index contributed by atoms with van der Waals surface area (Å²) in [6.07, 6.45) is -4.63. The normalized spacial score (nSPS) is 20.3. The van der Waals surface area contributed by atoms with Gasteiger partial charge in [-0.3, -0.25) is 0 Å². The van der Waals surface area contributed by atoms with Gasteiger partial charge in [-0.2, -0.15) is 13.2 Å². The summed E-state index contributed by atoms with van der Waals surface area (Å²) in [6, 6.07) is 13.0. The van der Waals surface area contributed by atoms with Crippen LogP contribution in [0.1, 0.15) is 42.2 Å². The number of ether oxygens (including phenoxy) is 1. The van der Waals surface area contributed by atoms with E-state index >= 15 is 0 Å². The predicted octanol–water partition coefficient (Wildman–Crippen LogP) is 5.06. The van der Waals surface area contributed by atoms with Crippen molar-refractivity contribution in [2.24, 2.45) is 0 Å². The van der Waals surface area contributed by atoms with Crippen molar-refractivity contribution in [2.75, 3.05) is 0 Å². The Morgan fingerprint density at radius 1 is 0.952 bits per heavy atom. The summed E-state index contributed by atoms with van der Waals surface area (Å²) in [5, 5.41) is 0. The zero-order valence-electron chi connectivity index (χ0n) is 11.7. The molecule has 2 aromatic carbocycles. The highest BCUT2D eigenvalue weighted by atomic mass is 19.4. The molecule has 0 fully saturated rings. The standard InChI is InChI=1S/C17H15F3O/c1-16(2)14-6-4-3-5-13(14)15(21-16)11-7-9-12(10-8-11)17(18,19)20/h3-10,15H,1-2H3/t15-/m1/s1. The Morgan fingerprint density at radius 3 is 2.19 bits per heavy atom. The monoisotopic (exact) mass is 292 g/mol. The van der Waals surface area contributed by atoms with Gasteiger partial charge in [0, 0.05) is 0 Å². The Labute approximate surface area is 121 Å². The summed E-state index contributed by atoms with van der Waals surface area (Å²) < 4.78 is 43.9. The second kappa shape index (κ2) is 4.60. The van der Waals surface area contributed by atoms with Crippen LogP contribution in [0.25, 0.3) is 0 Å². The maximum Gasteiger partial charge on any atom is 0.416 e. The zero-order valence-corrected chi connectivity index (χ0v) is 11.7. The van der Waals surface area contributed by atoms with Crippen molar-refractivity contribution in [2.45, 2.75) is 31.7 Å². The second-order valence-corrected chi connectivity index (χ2v) is 5.72. The summed E-state index contributed by atoms with van der Waals surface area (Å²) in [5.41, 5.74) is 1.75. The molecule has 3 rings (SSSR count). The van der Waals surface area contributed by atoms with Crippen LogP contribution >= 0.6 is 0 Å². The van der Waals surface area contributed by atoms with E-state index in [-0.39, 0.29) is 6.10 Å². The van der Waals surface area contributed by atoms with Crippen LogP contribution in [0.15, 0.2) is 48.5 Å². The third-order valence-electron chi connectivity index (χ3n) is 3.85. The smallest absolute Gasteiger partial charge is 0.358 e. The van der Waals surface area contributed by atoms with Crippen LogP contribution in [0.5, 0.6) is 0 Å². The lowest BCUT2D eigenvalue weighted by Crippen LogP contribution is -2.16. The SMILES string of the molecule is CC1(C)O[C@H](c2ccc(C(F)(F)F)cc2)c2ccccc21. The van der Waals surface area contributed by atoms with Crippen molar-refractivity contribution >= 4 is 0 Å². The fourth-order valence-electron chi connectivity index (χ4n) is 2.79. The van der Waals surface area contributed by atoms with E-state index in [1.165, 1.54) is 12.1 Å². The molecule has 4 heteroatoms. The minimum absolute atomic E-state index is 0.321. The van der Waals surface area contributed by atoms with Crippen LogP contribution in [0.2, 0.25) is 0 Å². The maximum atomic E-state index is 12.6. The lowest BCUT2D eigenvalue weighted by Gasteiger charge is -2.21. The van der Waals surface area contributed by atoms with Crippen molar-refractivity contribution in [1.82, 2.24) is 0 Å². The fourth-order valence-corrected chi connectivity index (χ4v) is 2.79. The highest BCUT2D eigenvalue weighted by Crippen LogP contribution is 2.46. The number of alkyl halides is 3. The van der Waals surface area contributed by atoms with Gasteiger partial charge < -0.3 is 4.74 Å². The first kappa shape index (κ1) is 14.1. The van der Waals surface area contributed by atoms with Crippen molar-refractivity contribution in [3.63, 3.8) is 0 Å². The number of hydrogen-bond donors (Lipinski definition) is 0. The topological polar surface area (TPSA) is 9.23 Å². The average Bonchev–Trinajstić information content (AvgIpc) is 2.71. The Kier molecular flexibility index (Phi) is 3.10. The van der Waals surface area contributed by atoms with Gasteiger partial charge in [-0.15, -0.1) is 0 Å². The van der Waals surface area contributed by atoms with Gasteiger partial charge in [0.05, 0.1) is 11.2 Å². The van der Waals surface area contributed by atoms with E-state index < -0.39 is 17.3 Å². The van der Waals surface area contributed by atoms with Crippen molar-refractivity contribution in [1.29, 1.82) is 0 Å². The van der Waals surface area contributed by atoms with E-state index in [9.17, 15) is 13.2 Å². The number of hydrogen-bond acceptors (Lipinski definition) is 1. The van der Waals surface area contributed by atoms with Crippen LogP contribution in [0.4, 0.5) is 13.2 Å². The molecule has 110 valence electrons. The largest absolute Gasteiger partial charge is 0.416 e. The van der Waals surface area contributed by atoms with Crippen molar-refractivity contribution in [3.05, 3.63) is 70.8 Å². The third-order valence-corrected chi connectivity index (χ3v) is 3.85. The molecule has 0 spiro atoms. The number of fused-ring (bicyclic) bond motifs is 1. The van der Waals surface area contributed by atoms with Gasteiger partial charge in [0.2, 0.25) is 0 Å². The van der Waals surface area contributed by atoms with Crippen molar-refractivity contribution < 1.29 is 17.9 Å². The zero-order chi connectivity index (χ0) is 15.3. The molecule has 1 aliphatic heterocycles. The molecule has 0 saturated heterocycles. The maximum absolute atomic E-state index is 12.6. The Balaban J connectivity index is 1.99. The Hall–Kier alpha value is -1.81. The predicted molar refractivity (Wildman–Crippen MR) is 73.8 cm³/mol. The van der Waals surface area contributed by atoms with Gasteiger partial charge in [-0.05, 0) is 42.7 Å². The van der Waals surface area contributed by atoms with Gasteiger partial charge in [-0.1, -0.05) is 36.4 Å². The van der Waals surface area contributed by atoms with E-state index in [1.54, 1.807) is 0 Å². The van der Waals surface area contributed by atoms with Crippen LogP contribution in [-0.2, 0) is 16.5 Å². The molecule has 2 aromatic rings. The molecule has 0 bridgehead atoms. The Morgan fingerprint density at radius 2 is 1.57 bits per heavy atom. The van der Waals surface area contributed by atoms with Gasteiger partial charge in [0.1, 0.15) is 6.10 Å². The summed E-state index contributed by atoms with van der Waals surface area (Å²) in [5.74, 6) is 0. The summed E-state index contributed by atoms with van der Waals surface area (Å²) in [6.45, 7) is 3.94. The van der Waals surface area contributed by atoms with Gasteiger partial charge >= 0.3 is 6.18 Å². The van der Waals surface area contributed by atoms with Crippen molar-refractivity contribution in [3.8, 4) is 0 Å². The molecular weight excluding hydrogens is 277 g/mol. The summed E-state index contributed by atoms with van der Waals surface area (Å²) in [4.78, 5) is 0. The number of rotatable bonds is 1. The van der Waals surface area contributed by atoms with Crippen LogP contribution < -0.4 is 0 Å².